The van der Waals surface area contributed by atoms with Crippen LogP contribution in [-0.2, 0) is 17.6 Å². The third-order valence-corrected chi connectivity index (χ3v) is 5.07. The van der Waals surface area contributed by atoms with Crippen molar-refractivity contribution >= 4 is 34.8 Å². The van der Waals surface area contributed by atoms with Gasteiger partial charge in [0.2, 0.25) is 0 Å². The highest BCUT2D eigenvalue weighted by Gasteiger charge is 2.18. The monoisotopic (exact) mass is 397 g/mol. The van der Waals surface area contributed by atoms with E-state index in [-0.39, 0.29) is 23.5 Å². The van der Waals surface area contributed by atoms with Gasteiger partial charge in [-0.25, -0.2) is 4.39 Å². The summed E-state index contributed by atoms with van der Waals surface area (Å²) in [5.41, 5.74) is 3.76. The van der Waals surface area contributed by atoms with Crippen molar-refractivity contribution in [1.82, 2.24) is 0 Å². The highest BCUT2D eigenvalue weighted by atomic mass is 35.5. The van der Waals surface area contributed by atoms with Crippen LogP contribution in [0.15, 0.2) is 30.3 Å². The van der Waals surface area contributed by atoms with Crippen LogP contribution in [0.2, 0.25) is 10.0 Å². The molecule has 140 valence electrons. The number of hydrogen-bond acceptors (Lipinski definition) is 1. The number of carbonyl (C=O) groups excluding carboxylic acids is 1. The maximum Gasteiger partial charge on any atom is 0.279 e. The van der Waals surface area contributed by atoms with Crippen LogP contribution < -0.4 is 10.6 Å². The smallest absolute Gasteiger partial charge is 0.279 e. The second-order valence-electron chi connectivity index (χ2n) is 6.22. The zero-order chi connectivity index (χ0) is 19.3. The molecule has 1 atom stereocenters. The number of carbonyl (C=O) groups is 1. The van der Waals surface area contributed by atoms with Crippen LogP contribution in [0, 0.1) is 5.82 Å². The Kier molecular flexibility index (Phi) is 7.44. The lowest BCUT2D eigenvalue weighted by atomic mass is 10.0. The number of aryl methyl sites for hydroxylation is 2. The standard InChI is InChI=1S/C20H23Cl2FN2O/c1-4-13-7-6-8-14(5-2)20(13)25-19(26)11-24-12(3)15-9-18(23)17(22)10-16(15)21/h6-10,12,24H,4-5,11H2,1-3H3,(H,25,26)/p+1/t12-/m1/s1. The van der Waals surface area contributed by atoms with Gasteiger partial charge in [0.05, 0.1) is 10.0 Å². The molecule has 0 bridgehead atoms. The van der Waals surface area contributed by atoms with Crippen LogP contribution in [0.3, 0.4) is 0 Å². The lowest BCUT2D eigenvalue weighted by Gasteiger charge is -2.16. The molecule has 0 aliphatic heterocycles. The molecule has 6 heteroatoms. The third-order valence-electron chi connectivity index (χ3n) is 4.45. The Morgan fingerprint density at radius 2 is 1.77 bits per heavy atom. The molecule has 2 rings (SSSR count). The molecule has 0 aliphatic carbocycles. The van der Waals surface area contributed by atoms with Crippen LogP contribution in [0.25, 0.3) is 0 Å². The molecule has 0 aliphatic rings. The minimum absolute atomic E-state index is 0.00744. The van der Waals surface area contributed by atoms with Crippen LogP contribution >= 0.6 is 23.2 Å². The Morgan fingerprint density at radius 3 is 2.35 bits per heavy atom. The molecule has 3 N–H and O–H groups in total. The van der Waals surface area contributed by atoms with Crippen molar-refractivity contribution in [2.45, 2.75) is 39.7 Å². The van der Waals surface area contributed by atoms with Gasteiger partial charge in [-0.15, -0.1) is 0 Å². The lowest BCUT2D eigenvalue weighted by Crippen LogP contribution is -2.86. The van der Waals surface area contributed by atoms with Crippen molar-refractivity contribution in [3.8, 4) is 0 Å². The van der Waals surface area contributed by atoms with E-state index in [1.165, 1.54) is 12.1 Å². The van der Waals surface area contributed by atoms with Crippen molar-refractivity contribution < 1.29 is 14.5 Å². The van der Waals surface area contributed by atoms with Gasteiger partial charge in [-0.05, 0) is 43.0 Å². The fraction of sp³-hybridized carbons (Fsp3) is 0.350. The average molecular weight is 398 g/mol. The maximum atomic E-state index is 13.7. The van der Waals surface area contributed by atoms with Crippen LogP contribution in [-0.4, -0.2) is 12.5 Å². The van der Waals surface area contributed by atoms with Gasteiger partial charge in [0.15, 0.2) is 6.54 Å². The van der Waals surface area contributed by atoms with E-state index in [1.807, 2.05) is 30.4 Å². The normalized spacial score (nSPS) is 12.1. The molecule has 0 saturated carbocycles. The summed E-state index contributed by atoms with van der Waals surface area (Å²) in [6.07, 6.45) is 1.70. The minimum atomic E-state index is -0.514. The van der Waals surface area contributed by atoms with E-state index < -0.39 is 5.82 Å². The van der Waals surface area contributed by atoms with Gasteiger partial charge in [0, 0.05) is 11.3 Å². The van der Waals surface area contributed by atoms with Gasteiger partial charge in [-0.3, -0.25) is 4.79 Å². The van der Waals surface area contributed by atoms with Crippen LogP contribution in [0.4, 0.5) is 10.1 Å². The van der Waals surface area contributed by atoms with Crippen molar-refractivity contribution in [3.05, 3.63) is 62.9 Å². The summed E-state index contributed by atoms with van der Waals surface area (Å²) >= 11 is 11.9. The second-order valence-corrected chi connectivity index (χ2v) is 7.04. The summed E-state index contributed by atoms with van der Waals surface area (Å²) in [6, 6.07) is 8.61. The van der Waals surface area contributed by atoms with Gasteiger partial charge in [0.25, 0.3) is 5.91 Å². The Bertz CT molecular complexity index is 773. The van der Waals surface area contributed by atoms with E-state index in [1.54, 1.807) is 0 Å². The minimum Gasteiger partial charge on any atom is -0.332 e. The first-order chi connectivity index (χ1) is 12.4. The molecular formula is C20H24Cl2FN2O+. The van der Waals surface area contributed by atoms with Gasteiger partial charge in [-0.2, -0.15) is 0 Å². The highest BCUT2D eigenvalue weighted by Crippen LogP contribution is 2.27. The highest BCUT2D eigenvalue weighted by molar-refractivity contribution is 6.35. The molecule has 0 heterocycles. The fourth-order valence-electron chi connectivity index (χ4n) is 2.89. The number of nitrogens with two attached hydrogens (primary N) is 1. The zero-order valence-electron chi connectivity index (χ0n) is 15.2. The number of para-hydroxylation sites is 1. The van der Waals surface area contributed by atoms with Crippen molar-refractivity contribution in [2.24, 2.45) is 0 Å². The Morgan fingerprint density at radius 1 is 1.15 bits per heavy atom. The van der Waals surface area contributed by atoms with Crippen LogP contribution in [0.1, 0.15) is 43.5 Å². The maximum absolute atomic E-state index is 13.7. The largest absolute Gasteiger partial charge is 0.332 e. The first-order valence-corrected chi connectivity index (χ1v) is 9.51. The Labute approximate surface area is 163 Å². The van der Waals surface area contributed by atoms with Gasteiger partial charge in [0.1, 0.15) is 11.9 Å². The number of rotatable bonds is 7. The number of amides is 1. The van der Waals surface area contributed by atoms with E-state index in [0.29, 0.717) is 10.6 Å². The number of quaternary nitrogens is 1. The summed E-state index contributed by atoms with van der Waals surface area (Å²) in [6.45, 7) is 6.22. The van der Waals surface area contributed by atoms with E-state index in [0.717, 1.165) is 29.7 Å². The molecule has 26 heavy (non-hydrogen) atoms. The summed E-state index contributed by atoms with van der Waals surface area (Å²) in [5.74, 6) is -0.613. The number of hydrogen-bond donors (Lipinski definition) is 2. The van der Waals surface area contributed by atoms with Crippen molar-refractivity contribution in [1.29, 1.82) is 0 Å². The number of benzene rings is 2. The molecular weight excluding hydrogens is 374 g/mol. The van der Waals surface area contributed by atoms with Gasteiger partial charge < -0.3 is 10.6 Å². The Balaban J connectivity index is 2.05. The van der Waals surface area contributed by atoms with Crippen LogP contribution in [0.5, 0.6) is 0 Å². The van der Waals surface area contributed by atoms with Gasteiger partial charge >= 0.3 is 0 Å². The first kappa shape index (κ1) is 20.7. The fourth-order valence-corrected chi connectivity index (χ4v) is 3.45. The molecule has 3 nitrogen and oxygen atoms in total. The first-order valence-electron chi connectivity index (χ1n) is 8.75. The summed E-state index contributed by atoms with van der Waals surface area (Å²) < 4.78 is 13.7. The predicted molar refractivity (Wildman–Crippen MR) is 105 cm³/mol. The summed E-state index contributed by atoms with van der Waals surface area (Å²) in [7, 11) is 0. The average Bonchev–Trinajstić information content (AvgIpc) is 2.62. The molecule has 1 amide bonds. The van der Waals surface area contributed by atoms with E-state index in [2.05, 4.69) is 19.2 Å². The zero-order valence-corrected chi connectivity index (χ0v) is 16.7. The Hall–Kier alpha value is -1.62. The van der Waals surface area contributed by atoms with E-state index in [4.69, 9.17) is 23.2 Å². The predicted octanol–water partition coefficient (Wildman–Crippen LogP) is 4.52. The summed E-state index contributed by atoms with van der Waals surface area (Å²) in [5, 5.41) is 5.23. The molecule has 0 unspecified atom stereocenters. The molecule has 0 fully saturated rings. The van der Waals surface area contributed by atoms with E-state index in [9.17, 15) is 9.18 Å². The molecule has 0 saturated heterocycles. The quantitative estimate of drug-likeness (QED) is 0.662. The third kappa shape index (κ3) is 4.97. The molecule has 0 spiro atoms. The SMILES string of the molecule is CCc1cccc(CC)c1NC(=O)C[NH2+][C@H](C)c1cc(F)c(Cl)cc1Cl. The van der Waals surface area contributed by atoms with E-state index >= 15 is 0 Å². The van der Waals surface area contributed by atoms with Crippen molar-refractivity contribution in [3.63, 3.8) is 0 Å². The topological polar surface area (TPSA) is 45.7 Å². The summed E-state index contributed by atoms with van der Waals surface area (Å²) in [4.78, 5) is 12.4. The number of nitrogens with one attached hydrogen (secondary N) is 1. The molecule has 0 aromatic heterocycles. The molecule has 2 aromatic carbocycles. The second kappa shape index (κ2) is 9.36. The van der Waals surface area contributed by atoms with Gasteiger partial charge in [-0.1, -0.05) is 55.2 Å². The van der Waals surface area contributed by atoms with Crippen molar-refractivity contribution in [2.75, 3.05) is 11.9 Å². The lowest BCUT2D eigenvalue weighted by molar-refractivity contribution is -0.682. The number of anilines is 1. The molecule has 0 radical (unpaired) electrons. The number of halogens is 3. The molecule has 2 aromatic rings.